The molecule has 4 aliphatic rings. The first-order chi connectivity index (χ1) is 21.2. The predicted molar refractivity (Wildman–Crippen MR) is 154 cm³/mol. The molecule has 2 aromatic carbocycles. The first-order valence-electron chi connectivity index (χ1n) is 14.9. The van der Waals surface area contributed by atoms with Crippen LogP contribution in [0.2, 0.25) is 0 Å². The van der Waals surface area contributed by atoms with Crippen molar-refractivity contribution >= 4 is 11.7 Å². The number of likely N-dealkylation sites (N-methyl/N-ethyl adjacent to an activating group) is 1. The van der Waals surface area contributed by atoms with Crippen LogP contribution in [0.15, 0.2) is 6.07 Å². The number of fused-ring (bicyclic) bond motifs is 9. The van der Waals surface area contributed by atoms with Crippen LogP contribution < -0.4 is 14.8 Å². The summed E-state index contributed by atoms with van der Waals surface area (Å²) >= 11 is 0. The largest absolute Gasteiger partial charge is 0.507 e. The van der Waals surface area contributed by atoms with E-state index in [1.54, 1.807) is 6.92 Å². The van der Waals surface area contributed by atoms with Gasteiger partial charge in [-0.25, -0.2) is 0 Å². The van der Waals surface area contributed by atoms with Gasteiger partial charge in [-0.2, -0.15) is 18.4 Å². The number of aryl methyl sites for hydroxylation is 1. The summed E-state index contributed by atoms with van der Waals surface area (Å²) in [4.78, 5) is 28.8. The van der Waals surface area contributed by atoms with E-state index in [9.17, 15) is 38.2 Å². The maximum absolute atomic E-state index is 13.1. The van der Waals surface area contributed by atoms with Gasteiger partial charge in [0.1, 0.15) is 17.5 Å². The Labute approximate surface area is 300 Å². The number of hydrogen-bond acceptors (Lipinski definition) is 9. The number of benzene rings is 2. The van der Waals surface area contributed by atoms with Gasteiger partial charge in [-0.1, -0.05) is 13.0 Å². The molecule has 0 aromatic heterocycles. The quantitative estimate of drug-likeness (QED) is 0.411. The number of carbonyl (C=O) groups excluding carboxylic acids is 2. The number of nitrogens with zero attached hydrogens (tertiary/aromatic N) is 3. The Hall–Kier alpha value is -2.58. The molecule has 1 radical (unpaired) electrons. The number of aromatic hydroxyl groups is 2. The third-order valence-corrected chi connectivity index (χ3v) is 10.2. The van der Waals surface area contributed by atoms with Crippen LogP contribution in [0.25, 0.3) is 0 Å². The average molecular weight is 856 g/mol. The van der Waals surface area contributed by atoms with Crippen molar-refractivity contribution in [1.82, 2.24) is 15.1 Å². The van der Waals surface area contributed by atoms with E-state index in [0.29, 0.717) is 34.6 Å². The molecule has 1 fully saturated rings. The van der Waals surface area contributed by atoms with Crippen LogP contribution in [0.4, 0.5) is 13.2 Å². The summed E-state index contributed by atoms with van der Waals surface area (Å²) in [7, 11) is 1.92. The number of piperazine rings is 1. The maximum atomic E-state index is 13.1. The van der Waals surface area contributed by atoms with Gasteiger partial charge < -0.3 is 25.0 Å². The molecule has 0 aliphatic carbocycles. The summed E-state index contributed by atoms with van der Waals surface area (Å²) in [5.41, 5.74) is 4.96. The van der Waals surface area contributed by atoms with Gasteiger partial charge in [-0.05, 0) is 57.4 Å². The Balaban J connectivity index is 0.00000417. The third kappa shape index (κ3) is 5.35. The maximum Gasteiger partial charge on any atom is 0.449 e. The third-order valence-electron chi connectivity index (χ3n) is 10.2. The van der Waals surface area contributed by atoms with Crippen LogP contribution in [-0.4, -0.2) is 76.4 Å². The fraction of sp³-hybridized carbons (Fsp3) is 0.531. The molecule has 14 heteroatoms. The molecule has 0 saturated carbocycles. The van der Waals surface area contributed by atoms with Crippen molar-refractivity contribution in [1.29, 1.82) is 5.26 Å². The molecular formula is C32H35AcF3N4O6. The number of carbonyl (C=O) groups is 2. The standard InChI is InChI=1S/C32H35F3N4O6.Ac/c1-13-6-17-8-19-21(10-36)39-20(26(38(19)5)24(17)28(42)15(13)3)9-18-25(30-29(44-12-45-30)16(4)27(18)41)22(39)11-37-31(43)14(2)7-23(40)32(33,34)35;/h6,14,19-22,26,41-42H,7-9,11-12H2,1-5H3,(H,37,43);/t14-,19+,20?,21+,22+,26+;/m1./s1. The summed E-state index contributed by atoms with van der Waals surface area (Å²) in [6.07, 6.45) is -5.28. The van der Waals surface area contributed by atoms with Gasteiger partial charge in [0, 0.05) is 97.3 Å². The molecule has 243 valence electrons. The van der Waals surface area contributed by atoms with E-state index < -0.39 is 48.3 Å². The molecule has 2 aromatic rings. The first kappa shape index (κ1) is 34.7. The smallest absolute Gasteiger partial charge is 0.449 e. The molecule has 6 atom stereocenters. The predicted octanol–water partition coefficient (Wildman–Crippen LogP) is 3.80. The van der Waals surface area contributed by atoms with Crippen LogP contribution in [0.3, 0.4) is 0 Å². The van der Waals surface area contributed by atoms with Crippen molar-refractivity contribution in [3.8, 4) is 29.1 Å². The summed E-state index contributed by atoms with van der Waals surface area (Å²) < 4.78 is 50.3. The van der Waals surface area contributed by atoms with Gasteiger partial charge >= 0.3 is 6.18 Å². The van der Waals surface area contributed by atoms with Gasteiger partial charge in [0.2, 0.25) is 18.5 Å². The Morgan fingerprint density at radius 2 is 1.76 bits per heavy atom. The number of halogens is 3. The van der Waals surface area contributed by atoms with Crippen molar-refractivity contribution < 1.29 is 86.5 Å². The number of ketones is 1. The van der Waals surface area contributed by atoms with Crippen LogP contribution in [0.5, 0.6) is 23.0 Å². The van der Waals surface area contributed by atoms with E-state index >= 15 is 0 Å². The molecule has 10 nitrogen and oxygen atoms in total. The second-order valence-corrected chi connectivity index (χ2v) is 12.6. The molecule has 1 unspecified atom stereocenters. The number of ether oxygens (including phenoxy) is 2. The van der Waals surface area contributed by atoms with E-state index in [1.807, 2.05) is 25.8 Å². The number of nitrogens with one attached hydrogen (secondary N) is 1. The van der Waals surface area contributed by atoms with E-state index in [2.05, 4.69) is 22.4 Å². The summed E-state index contributed by atoms with van der Waals surface area (Å²) in [6, 6.07) is 1.94. The van der Waals surface area contributed by atoms with Crippen LogP contribution in [-0.2, 0) is 22.4 Å². The molecule has 3 N–H and O–H groups in total. The summed E-state index contributed by atoms with van der Waals surface area (Å²) in [5, 5.41) is 36.3. The van der Waals surface area contributed by atoms with Gasteiger partial charge in [0.05, 0.1) is 18.2 Å². The molecule has 6 rings (SSSR count). The molecular weight excluding hydrogens is 820 g/mol. The van der Waals surface area contributed by atoms with Crippen LogP contribution in [0, 0.1) is 82.1 Å². The first-order valence-corrected chi connectivity index (χ1v) is 14.9. The second-order valence-electron chi connectivity index (χ2n) is 12.6. The molecule has 46 heavy (non-hydrogen) atoms. The zero-order valence-electron chi connectivity index (χ0n) is 26.2. The normalized spacial score (nSPS) is 25.3. The van der Waals surface area contributed by atoms with Gasteiger partial charge in [0.15, 0.2) is 11.5 Å². The summed E-state index contributed by atoms with van der Waals surface area (Å²) in [5.74, 6) is -3.09. The minimum Gasteiger partial charge on any atom is -0.507 e. The van der Waals surface area contributed by atoms with E-state index in [-0.39, 0.29) is 87.4 Å². The number of hydrogen-bond donors (Lipinski definition) is 3. The Kier molecular flexibility index (Phi) is 9.41. The SMILES string of the molecule is Cc1cc2c(c(O)c1C)[C@@H]1C3Cc4c(O)c(C)c5c(c4[C@H](CNC(=O)[C@H](C)CC(=O)C(F)(F)F)N3[C@@H](C#N)[C@H](C2)N1C)OCO5.[Ac]. The van der Waals surface area contributed by atoms with Gasteiger partial charge in [0.25, 0.3) is 0 Å². The number of alkyl halides is 3. The number of amides is 1. The Morgan fingerprint density at radius 3 is 2.41 bits per heavy atom. The molecule has 4 aliphatic heterocycles. The van der Waals surface area contributed by atoms with E-state index in [0.717, 1.165) is 22.3 Å². The van der Waals surface area contributed by atoms with Gasteiger partial charge in [-0.15, -0.1) is 0 Å². The fourth-order valence-corrected chi connectivity index (χ4v) is 7.77. The summed E-state index contributed by atoms with van der Waals surface area (Å²) in [6.45, 7) is 6.51. The average Bonchev–Trinajstić information content (AvgIpc) is 3.47. The molecule has 1 amide bonds. The van der Waals surface area contributed by atoms with Gasteiger partial charge in [-0.3, -0.25) is 19.4 Å². The zero-order chi connectivity index (χ0) is 32.7. The minimum atomic E-state index is -5.05. The topological polar surface area (TPSA) is 135 Å². The van der Waals surface area contributed by atoms with Crippen molar-refractivity contribution in [3.63, 3.8) is 0 Å². The molecule has 1 saturated heterocycles. The van der Waals surface area contributed by atoms with Crippen molar-refractivity contribution in [3.05, 3.63) is 45.0 Å². The number of rotatable bonds is 5. The molecule has 0 spiro atoms. The van der Waals surface area contributed by atoms with Crippen LogP contribution >= 0.6 is 0 Å². The Morgan fingerprint density at radius 1 is 1.09 bits per heavy atom. The number of nitriles is 1. The van der Waals surface area contributed by atoms with E-state index in [1.165, 1.54) is 6.92 Å². The number of Topliss-reactive ketones (excluding diaryl/α,β-unsaturated/α-hetero) is 1. The van der Waals surface area contributed by atoms with Crippen molar-refractivity contribution in [2.24, 2.45) is 5.92 Å². The fourth-order valence-electron chi connectivity index (χ4n) is 7.77. The molecule has 4 heterocycles. The number of phenolic OH excluding ortho intramolecular Hbond substituents is 2. The molecule has 2 bridgehead atoms. The second kappa shape index (κ2) is 12.5. The Bertz CT molecular complexity index is 1660. The van der Waals surface area contributed by atoms with Crippen molar-refractivity contribution in [2.45, 2.75) is 83.3 Å². The minimum absolute atomic E-state index is 0. The zero-order valence-corrected chi connectivity index (χ0v) is 30.9. The van der Waals surface area contributed by atoms with Crippen molar-refractivity contribution in [2.75, 3.05) is 20.4 Å². The van der Waals surface area contributed by atoms with E-state index in [4.69, 9.17) is 9.47 Å². The number of phenols is 2. The monoisotopic (exact) mass is 855 g/mol. The van der Waals surface area contributed by atoms with Crippen LogP contribution in [0.1, 0.15) is 64.4 Å².